The monoisotopic (exact) mass is 471 g/mol. The maximum absolute atomic E-state index is 6.16. The average molecular weight is 472 g/mol. The Labute approximate surface area is 199 Å². The molecular weight excluding hydrogens is 445 g/mol. The van der Waals surface area contributed by atoms with Gasteiger partial charge in [-0.1, -0.05) is 41.4 Å². The van der Waals surface area contributed by atoms with Gasteiger partial charge in [0.05, 0.1) is 35.7 Å². The Morgan fingerprint density at radius 3 is 2.25 bits per heavy atom. The fourth-order valence-electron chi connectivity index (χ4n) is 3.94. The molecule has 0 N–H and O–H groups in total. The number of methoxy groups -OCH3 is 2. The third-order valence-electron chi connectivity index (χ3n) is 5.75. The van der Waals surface area contributed by atoms with Gasteiger partial charge in [-0.15, -0.1) is 0 Å². The lowest BCUT2D eigenvalue weighted by atomic mass is 10.1. The molecule has 0 radical (unpaired) electrons. The van der Waals surface area contributed by atoms with E-state index in [0.717, 1.165) is 67.7 Å². The maximum Gasteiger partial charge on any atom is 0.141 e. The molecule has 1 aliphatic heterocycles. The van der Waals surface area contributed by atoms with Gasteiger partial charge in [0, 0.05) is 44.8 Å². The molecule has 1 fully saturated rings. The first-order chi connectivity index (χ1) is 15.6. The van der Waals surface area contributed by atoms with Crippen molar-refractivity contribution in [3.05, 3.63) is 75.9 Å². The number of nitrogens with zero attached hydrogens (tertiary/aromatic N) is 3. The highest BCUT2D eigenvalue weighted by Gasteiger charge is 2.20. The van der Waals surface area contributed by atoms with Crippen LogP contribution in [0, 0.1) is 0 Å². The van der Waals surface area contributed by atoms with Crippen molar-refractivity contribution < 1.29 is 9.47 Å². The summed E-state index contributed by atoms with van der Waals surface area (Å²) in [5, 5.41) is 1.20. The molecule has 168 valence electrons. The molecule has 4 rings (SSSR count). The van der Waals surface area contributed by atoms with Crippen molar-refractivity contribution in [3.63, 3.8) is 0 Å². The summed E-state index contributed by atoms with van der Waals surface area (Å²) in [7, 11) is 3.37. The normalized spacial score (nSPS) is 15.0. The first-order valence-electron chi connectivity index (χ1n) is 10.6. The molecular formula is C25H27Cl2N3O2. The first kappa shape index (κ1) is 22.9. The fourth-order valence-corrected chi connectivity index (χ4v) is 4.27. The predicted octanol–water partition coefficient (Wildman–Crippen LogP) is 5.39. The second kappa shape index (κ2) is 10.5. The zero-order valence-corrected chi connectivity index (χ0v) is 19.9. The average Bonchev–Trinajstić information content (AvgIpc) is 2.82. The summed E-state index contributed by atoms with van der Waals surface area (Å²) in [6.07, 6.45) is 0. The standard InChI is InChI=1S/C25H27Cl2N3O2/c1-31-20-5-3-4-19(15-20)23-8-9-25(32-2)24(28-23)17-30-12-10-29(11-13-30)16-18-6-7-21(26)22(27)14-18/h3-9,14-15H,10-13,16-17H2,1-2H3. The minimum Gasteiger partial charge on any atom is -0.497 e. The Bertz CT molecular complexity index is 1070. The number of halogens is 2. The van der Waals surface area contributed by atoms with Crippen LogP contribution in [0.5, 0.6) is 11.5 Å². The highest BCUT2D eigenvalue weighted by Crippen LogP contribution is 2.27. The van der Waals surface area contributed by atoms with Gasteiger partial charge in [0.1, 0.15) is 11.5 Å². The van der Waals surface area contributed by atoms with E-state index >= 15 is 0 Å². The van der Waals surface area contributed by atoms with E-state index in [4.69, 9.17) is 37.7 Å². The molecule has 0 amide bonds. The molecule has 0 aliphatic carbocycles. The summed E-state index contributed by atoms with van der Waals surface area (Å²) in [6, 6.07) is 17.8. The molecule has 1 saturated heterocycles. The minimum absolute atomic E-state index is 0.595. The fraction of sp³-hybridized carbons (Fsp3) is 0.320. The number of ether oxygens (including phenoxy) is 2. The number of piperazine rings is 1. The van der Waals surface area contributed by atoms with Crippen LogP contribution in [0.15, 0.2) is 54.6 Å². The lowest BCUT2D eigenvalue weighted by molar-refractivity contribution is 0.120. The summed E-state index contributed by atoms with van der Waals surface area (Å²) in [5.74, 6) is 1.63. The number of hydrogen-bond donors (Lipinski definition) is 0. The van der Waals surface area contributed by atoms with Gasteiger partial charge in [-0.25, -0.2) is 4.98 Å². The van der Waals surface area contributed by atoms with Crippen LogP contribution in [0.1, 0.15) is 11.3 Å². The third kappa shape index (κ3) is 5.54. The molecule has 3 aromatic rings. The summed E-state index contributed by atoms with van der Waals surface area (Å²) < 4.78 is 11.0. The van der Waals surface area contributed by atoms with E-state index in [1.54, 1.807) is 14.2 Å². The van der Waals surface area contributed by atoms with Gasteiger partial charge in [-0.2, -0.15) is 0 Å². The minimum atomic E-state index is 0.595. The number of benzene rings is 2. The van der Waals surface area contributed by atoms with Crippen molar-refractivity contribution in [2.24, 2.45) is 0 Å². The van der Waals surface area contributed by atoms with Crippen LogP contribution in [0.4, 0.5) is 0 Å². The van der Waals surface area contributed by atoms with Crippen molar-refractivity contribution in [3.8, 4) is 22.8 Å². The van der Waals surface area contributed by atoms with Gasteiger partial charge in [0.15, 0.2) is 0 Å². The summed E-state index contributed by atoms with van der Waals surface area (Å²) in [4.78, 5) is 9.79. The summed E-state index contributed by atoms with van der Waals surface area (Å²) in [5.41, 5.74) is 4.07. The molecule has 2 aromatic carbocycles. The number of rotatable bonds is 7. The largest absolute Gasteiger partial charge is 0.497 e. The van der Waals surface area contributed by atoms with Crippen molar-refractivity contribution in [1.29, 1.82) is 0 Å². The van der Waals surface area contributed by atoms with Gasteiger partial charge in [-0.05, 0) is 42.0 Å². The van der Waals surface area contributed by atoms with Crippen LogP contribution in [-0.4, -0.2) is 55.2 Å². The maximum atomic E-state index is 6.16. The van der Waals surface area contributed by atoms with Gasteiger partial charge in [-0.3, -0.25) is 9.80 Å². The highest BCUT2D eigenvalue weighted by atomic mass is 35.5. The Hall–Kier alpha value is -2.31. The molecule has 0 unspecified atom stereocenters. The lowest BCUT2D eigenvalue weighted by Gasteiger charge is -2.34. The first-order valence-corrected chi connectivity index (χ1v) is 11.4. The lowest BCUT2D eigenvalue weighted by Crippen LogP contribution is -2.45. The van der Waals surface area contributed by atoms with Gasteiger partial charge < -0.3 is 9.47 Å². The van der Waals surface area contributed by atoms with E-state index < -0.39 is 0 Å². The van der Waals surface area contributed by atoms with Crippen molar-refractivity contribution in [2.75, 3.05) is 40.4 Å². The number of aromatic nitrogens is 1. The van der Waals surface area contributed by atoms with E-state index in [1.165, 1.54) is 5.56 Å². The third-order valence-corrected chi connectivity index (χ3v) is 6.49. The zero-order chi connectivity index (χ0) is 22.5. The van der Waals surface area contributed by atoms with Crippen LogP contribution < -0.4 is 9.47 Å². The van der Waals surface area contributed by atoms with Gasteiger partial charge >= 0.3 is 0 Å². The molecule has 0 spiro atoms. The van der Waals surface area contributed by atoms with Crippen LogP contribution in [0.25, 0.3) is 11.3 Å². The summed E-state index contributed by atoms with van der Waals surface area (Å²) >= 11 is 12.2. The smallest absolute Gasteiger partial charge is 0.141 e. The second-order valence-electron chi connectivity index (χ2n) is 7.88. The van der Waals surface area contributed by atoms with Crippen molar-refractivity contribution in [1.82, 2.24) is 14.8 Å². The van der Waals surface area contributed by atoms with E-state index in [-0.39, 0.29) is 0 Å². The highest BCUT2D eigenvalue weighted by molar-refractivity contribution is 6.42. The van der Waals surface area contributed by atoms with Crippen LogP contribution in [0.3, 0.4) is 0 Å². The zero-order valence-electron chi connectivity index (χ0n) is 18.4. The predicted molar refractivity (Wildman–Crippen MR) is 130 cm³/mol. The number of hydrogen-bond acceptors (Lipinski definition) is 5. The molecule has 1 aromatic heterocycles. The molecule has 0 saturated carbocycles. The van der Waals surface area contributed by atoms with E-state index in [9.17, 15) is 0 Å². The van der Waals surface area contributed by atoms with Gasteiger partial charge in [0.2, 0.25) is 0 Å². The van der Waals surface area contributed by atoms with Crippen molar-refractivity contribution >= 4 is 23.2 Å². The topological polar surface area (TPSA) is 37.8 Å². The van der Waals surface area contributed by atoms with Gasteiger partial charge in [0.25, 0.3) is 0 Å². The molecule has 0 bridgehead atoms. The summed E-state index contributed by atoms with van der Waals surface area (Å²) in [6.45, 7) is 5.53. The Morgan fingerprint density at radius 2 is 1.56 bits per heavy atom. The SMILES string of the molecule is COc1cccc(-c2ccc(OC)c(CN3CCN(Cc4ccc(Cl)c(Cl)c4)CC3)n2)c1. The Morgan fingerprint density at radius 1 is 0.812 bits per heavy atom. The second-order valence-corrected chi connectivity index (χ2v) is 8.69. The van der Waals surface area contributed by atoms with Crippen LogP contribution >= 0.6 is 23.2 Å². The molecule has 32 heavy (non-hydrogen) atoms. The van der Waals surface area contributed by atoms with Crippen LogP contribution in [-0.2, 0) is 13.1 Å². The van der Waals surface area contributed by atoms with E-state index in [2.05, 4.69) is 9.80 Å². The Kier molecular flexibility index (Phi) is 7.53. The van der Waals surface area contributed by atoms with Crippen molar-refractivity contribution in [2.45, 2.75) is 13.1 Å². The molecule has 5 nitrogen and oxygen atoms in total. The Balaban J connectivity index is 1.41. The molecule has 0 atom stereocenters. The number of pyridine rings is 1. The molecule has 1 aliphatic rings. The molecule has 2 heterocycles. The quantitative estimate of drug-likeness (QED) is 0.461. The van der Waals surface area contributed by atoms with E-state index in [0.29, 0.717) is 10.0 Å². The molecule has 7 heteroatoms. The van der Waals surface area contributed by atoms with E-state index in [1.807, 2.05) is 54.6 Å². The van der Waals surface area contributed by atoms with Crippen LogP contribution in [0.2, 0.25) is 10.0 Å².